The molecule has 1 aromatic carbocycles. The Labute approximate surface area is 169 Å². The number of methoxy groups -OCH3 is 1. The fourth-order valence-electron chi connectivity index (χ4n) is 4.15. The number of fused-ring (bicyclic) bond motifs is 1. The molecule has 3 aromatic rings. The predicted octanol–water partition coefficient (Wildman–Crippen LogP) is 2.63. The molecule has 29 heavy (non-hydrogen) atoms. The van der Waals surface area contributed by atoms with Gasteiger partial charge in [0.25, 0.3) is 0 Å². The second-order valence-corrected chi connectivity index (χ2v) is 7.98. The molecular formula is C22H25N5O2. The van der Waals surface area contributed by atoms with Crippen molar-refractivity contribution in [2.45, 2.75) is 18.9 Å². The van der Waals surface area contributed by atoms with Gasteiger partial charge in [-0.2, -0.15) is 0 Å². The summed E-state index contributed by atoms with van der Waals surface area (Å²) in [6, 6.07) is 12.1. The maximum Gasteiger partial charge on any atom is 0.225 e. The molecule has 1 amide bonds. The third-order valence-electron chi connectivity index (χ3n) is 6.06. The SMILES string of the molecule is COc1ccccc1-c1ccc2c([C@@H]3CN(C(=O)C4CC4)CCN3C)nnn2c1. The van der Waals surface area contributed by atoms with Crippen molar-refractivity contribution < 1.29 is 9.53 Å². The highest BCUT2D eigenvalue weighted by atomic mass is 16.5. The van der Waals surface area contributed by atoms with Crippen LogP contribution in [0.1, 0.15) is 24.6 Å². The normalized spacial score (nSPS) is 20.2. The number of benzene rings is 1. The van der Waals surface area contributed by atoms with Crippen LogP contribution in [0.4, 0.5) is 0 Å². The average Bonchev–Trinajstić information content (AvgIpc) is 3.53. The quantitative estimate of drug-likeness (QED) is 0.684. The van der Waals surface area contributed by atoms with Crippen LogP contribution in [0.5, 0.6) is 5.75 Å². The van der Waals surface area contributed by atoms with Crippen LogP contribution in [0.15, 0.2) is 42.6 Å². The summed E-state index contributed by atoms with van der Waals surface area (Å²) in [7, 11) is 3.77. The third kappa shape index (κ3) is 3.25. The fourth-order valence-corrected chi connectivity index (χ4v) is 4.15. The van der Waals surface area contributed by atoms with Crippen LogP contribution in [0.2, 0.25) is 0 Å². The number of piperazine rings is 1. The zero-order valence-corrected chi connectivity index (χ0v) is 16.8. The molecule has 0 unspecified atom stereocenters. The summed E-state index contributed by atoms with van der Waals surface area (Å²) in [4.78, 5) is 16.8. The fraction of sp³-hybridized carbons (Fsp3) is 0.409. The van der Waals surface area contributed by atoms with E-state index in [4.69, 9.17) is 4.74 Å². The molecule has 150 valence electrons. The topological polar surface area (TPSA) is 63.0 Å². The minimum Gasteiger partial charge on any atom is -0.496 e. The highest BCUT2D eigenvalue weighted by molar-refractivity contribution is 5.81. The Balaban J connectivity index is 1.47. The van der Waals surface area contributed by atoms with E-state index in [-0.39, 0.29) is 12.0 Å². The largest absolute Gasteiger partial charge is 0.496 e. The van der Waals surface area contributed by atoms with Crippen molar-refractivity contribution in [3.05, 3.63) is 48.3 Å². The Bertz CT molecular complexity index is 1060. The van der Waals surface area contributed by atoms with E-state index >= 15 is 0 Å². The van der Waals surface area contributed by atoms with Gasteiger partial charge in [-0.05, 0) is 32.0 Å². The first-order chi connectivity index (χ1) is 14.2. The maximum absolute atomic E-state index is 12.6. The van der Waals surface area contributed by atoms with E-state index in [1.807, 2.05) is 39.9 Å². The van der Waals surface area contributed by atoms with Gasteiger partial charge in [0.2, 0.25) is 5.91 Å². The van der Waals surface area contributed by atoms with E-state index in [9.17, 15) is 4.79 Å². The van der Waals surface area contributed by atoms with Gasteiger partial charge < -0.3 is 9.64 Å². The third-order valence-corrected chi connectivity index (χ3v) is 6.06. The van der Waals surface area contributed by atoms with E-state index in [0.717, 1.165) is 54.0 Å². The standard InChI is InChI=1S/C22H25N5O2/c1-25-11-12-26(22(28)15-7-8-15)14-19(25)21-18-10-9-16(13-27(18)24-23-21)17-5-3-4-6-20(17)29-2/h3-6,9-10,13,15,19H,7-8,11-12,14H2,1-2H3/t19-/m0/s1. The Morgan fingerprint density at radius 3 is 2.76 bits per heavy atom. The number of hydrogen-bond donors (Lipinski definition) is 0. The summed E-state index contributed by atoms with van der Waals surface area (Å²) in [5.41, 5.74) is 3.94. The van der Waals surface area contributed by atoms with Crippen LogP contribution < -0.4 is 4.74 Å². The summed E-state index contributed by atoms with van der Waals surface area (Å²) in [5.74, 6) is 1.38. The van der Waals surface area contributed by atoms with Crippen molar-refractivity contribution in [1.29, 1.82) is 0 Å². The van der Waals surface area contributed by atoms with Gasteiger partial charge in [0, 0.05) is 42.9 Å². The van der Waals surface area contributed by atoms with E-state index in [0.29, 0.717) is 12.5 Å². The van der Waals surface area contributed by atoms with Crippen LogP contribution in [0.25, 0.3) is 16.6 Å². The van der Waals surface area contributed by atoms with Crippen LogP contribution in [-0.4, -0.2) is 64.3 Å². The molecule has 3 heterocycles. The van der Waals surface area contributed by atoms with Crippen molar-refractivity contribution in [3.63, 3.8) is 0 Å². The van der Waals surface area contributed by atoms with Crippen LogP contribution >= 0.6 is 0 Å². The number of likely N-dealkylation sites (N-methyl/N-ethyl adjacent to an activating group) is 1. The van der Waals surface area contributed by atoms with Gasteiger partial charge in [0.1, 0.15) is 11.4 Å². The number of rotatable bonds is 4. The first-order valence-corrected chi connectivity index (χ1v) is 10.1. The molecule has 2 aromatic heterocycles. The molecule has 0 radical (unpaired) electrons. The van der Waals surface area contributed by atoms with Gasteiger partial charge in [-0.1, -0.05) is 29.5 Å². The number of para-hydroxylation sites is 1. The molecule has 7 heteroatoms. The Morgan fingerprint density at radius 2 is 1.97 bits per heavy atom. The molecule has 1 saturated heterocycles. The van der Waals surface area contributed by atoms with Crippen LogP contribution in [0, 0.1) is 5.92 Å². The summed E-state index contributed by atoms with van der Waals surface area (Å²) < 4.78 is 7.32. The molecule has 1 saturated carbocycles. The van der Waals surface area contributed by atoms with Crippen molar-refractivity contribution in [1.82, 2.24) is 24.6 Å². The summed E-state index contributed by atoms with van der Waals surface area (Å²) in [6.45, 7) is 2.31. The second-order valence-electron chi connectivity index (χ2n) is 7.98. The van der Waals surface area contributed by atoms with Gasteiger partial charge in [-0.25, -0.2) is 4.52 Å². The highest BCUT2D eigenvalue weighted by Crippen LogP contribution is 2.34. The van der Waals surface area contributed by atoms with Crippen molar-refractivity contribution in [2.75, 3.05) is 33.8 Å². The zero-order valence-electron chi connectivity index (χ0n) is 16.8. The second kappa shape index (κ2) is 7.15. The molecule has 2 aliphatic rings. The summed E-state index contributed by atoms with van der Waals surface area (Å²) in [6.07, 6.45) is 4.06. The van der Waals surface area contributed by atoms with E-state index in [1.54, 1.807) is 7.11 Å². The Kier molecular flexibility index (Phi) is 4.47. The zero-order chi connectivity index (χ0) is 20.0. The van der Waals surface area contributed by atoms with Gasteiger partial charge in [-0.3, -0.25) is 9.69 Å². The number of nitrogens with zero attached hydrogens (tertiary/aromatic N) is 5. The minimum atomic E-state index is 0.0565. The number of hydrogen-bond acceptors (Lipinski definition) is 5. The highest BCUT2D eigenvalue weighted by Gasteiger charge is 2.38. The van der Waals surface area contributed by atoms with E-state index in [2.05, 4.69) is 34.4 Å². The number of carbonyl (C=O) groups excluding carboxylic acids is 1. The van der Waals surface area contributed by atoms with Gasteiger partial charge in [0.05, 0.1) is 18.7 Å². The number of aromatic nitrogens is 3. The molecule has 1 atom stereocenters. The predicted molar refractivity (Wildman–Crippen MR) is 110 cm³/mol. The van der Waals surface area contributed by atoms with Crippen molar-refractivity contribution in [3.8, 4) is 16.9 Å². The monoisotopic (exact) mass is 391 g/mol. The number of pyridine rings is 1. The lowest BCUT2D eigenvalue weighted by Gasteiger charge is -2.38. The Hall–Kier alpha value is -2.93. The lowest BCUT2D eigenvalue weighted by atomic mass is 10.0. The molecule has 7 nitrogen and oxygen atoms in total. The number of amides is 1. The van der Waals surface area contributed by atoms with Crippen molar-refractivity contribution in [2.24, 2.45) is 5.92 Å². The Morgan fingerprint density at radius 1 is 1.14 bits per heavy atom. The summed E-state index contributed by atoms with van der Waals surface area (Å²) >= 11 is 0. The molecule has 0 bridgehead atoms. The smallest absolute Gasteiger partial charge is 0.225 e. The van der Waals surface area contributed by atoms with E-state index < -0.39 is 0 Å². The first kappa shape index (κ1) is 18.1. The molecule has 0 spiro atoms. The molecule has 1 aliphatic heterocycles. The van der Waals surface area contributed by atoms with E-state index in [1.165, 1.54) is 0 Å². The van der Waals surface area contributed by atoms with Crippen molar-refractivity contribution >= 4 is 11.4 Å². The van der Waals surface area contributed by atoms with Crippen LogP contribution in [-0.2, 0) is 4.79 Å². The number of carbonyl (C=O) groups is 1. The minimum absolute atomic E-state index is 0.0565. The average molecular weight is 391 g/mol. The van der Waals surface area contributed by atoms with Crippen LogP contribution in [0.3, 0.4) is 0 Å². The summed E-state index contributed by atoms with van der Waals surface area (Å²) in [5, 5.41) is 8.89. The number of ether oxygens (including phenoxy) is 1. The molecular weight excluding hydrogens is 366 g/mol. The van der Waals surface area contributed by atoms with Gasteiger partial charge in [0.15, 0.2) is 0 Å². The lowest BCUT2D eigenvalue weighted by Crippen LogP contribution is -2.49. The molecule has 2 fully saturated rings. The van der Waals surface area contributed by atoms with Gasteiger partial charge in [-0.15, -0.1) is 5.10 Å². The molecule has 5 rings (SSSR count). The first-order valence-electron chi connectivity index (χ1n) is 10.1. The lowest BCUT2D eigenvalue weighted by molar-refractivity contribution is -0.135. The molecule has 0 N–H and O–H groups in total. The molecule has 1 aliphatic carbocycles. The maximum atomic E-state index is 12.6. The van der Waals surface area contributed by atoms with Gasteiger partial charge >= 0.3 is 0 Å².